The van der Waals surface area contributed by atoms with Crippen LogP contribution in [0.4, 0.5) is 0 Å². The van der Waals surface area contributed by atoms with E-state index in [1.54, 1.807) is 13.8 Å². The summed E-state index contributed by atoms with van der Waals surface area (Å²) >= 11 is 0. The van der Waals surface area contributed by atoms with Crippen molar-refractivity contribution in [1.82, 2.24) is 0 Å². The van der Waals surface area contributed by atoms with Crippen molar-refractivity contribution in [3.63, 3.8) is 0 Å². The Kier molecular flexibility index (Phi) is 9.39. The van der Waals surface area contributed by atoms with Crippen LogP contribution in [0, 0.1) is 46.3 Å². The second-order valence-corrected chi connectivity index (χ2v) is 15.4. The third-order valence-corrected chi connectivity index (χ3v) is 11.9. The van der Waals surface area contributed by atoms with E-state index in [0.717, 1.165) is 32.1 Å². The molecule has 1 aliphatic heterocycles. The Labute approximate surface area is 242 Å². The Morgan fingerprint density at radius 2 is 1.75 bits per heavy atom. The zero-order valence-electron chi connectivity index (χ0n) is 26.3. The Balaban J connectivity index is 1.47. The molecular formula is C33H56O7. The Hall–Kier alpha value is -1.18. The molecule has 0 radical (unpaired) electrons. The molecule has 0 spiro atoms. The Morgan fingerprint density at radius 1 is 1.05 bits per heavy atom. The van der Waals surface area contributed by atoms with Crippen molar-refractivity contribution in [2.24, 2.45) is 46.3 Å². The van der Waals surface area contributed by atoms with Gasteiger partial charge in [0.05, 0.1) is 23.9 Å². The molecule has 3 saturated carbocycles. The van der Waals surface area contributed by atoms with Crippen LogP contribution in [0.2, 0.25) is 0 Å². The smallest absolute Gasteiger partial charge is 0.329 e. The van der Waals surface area contributed by atoms with Gasteiger partial charge in [0.25, 0.3) is 0 Å². The van der Waals surface area contributed by atoms with Crippen molar-refractivity contribution < 1.29 is 34.0 Å². The first-order chi connectivity index (χ1) is 18.6. The van der Waals surface area contributed by atoms with Gasteiger partial charge < -0.3 is 24.4 Å². The summed E-state index contributed by atoms with van der Waals surface area (Å²) in [6.45, 7) is 16.4. The van der Waals surface area contributed by atoms with Crippen LogP contribution >= 0.6 is 0 Å². The lowest BCUT2D eigenvalue weighted by Crippen LogP contribution is -2.54. The summed E-state index contributed by atoms with van der Waals surface area (Å²) in [7, 11) is 0. The molecule has 0 aromatic heterocycles. The van der Waals surface area contributed by atoms with Crippen LogP contribution in [-0.2, 0) is 23.8 Å². The van der Waals surface area contributed by atoms with Gasteiger partial charge in [-0.2, -0.15) is 0 Å². The summed E-state index contributed by atoms with van der Waals surface area (Å²) in [4.78, 5) is 23.1. The number of ether oxygens (including phenoxy) is 3. The number of rotatable bonds is 9. The third-order valence-electron chi connectivity index (χ3n) is 11.9. The van der Waals surface area contributed by atoms with Crippen LogP contribution in [0.5, 0.6) is 0 Å². The van der Waals surface area contributed by atoms with E-state index in [9.17, 15) is 19.8 Å². The van der Waals surface area contributed by atoms with Gasteiger partial charge in [0.2, 0.25) is 0 Å². The van der Waals surface area contributed by atoms with Crippen molar-refractivity contribution in [3.05, 3.63) is 0 Å². The van der Waals surface area contributed by atoms with Gasteiger partial charge in [0.1, 0.15) is 6.61 Å². The van der Waals surface area contributed by atoms with Crippen molar-refractivity contribution in [2.75, 3.05) is 6.61 Å². The molecule has 7 nitrogen and oxygen atoms in total. The molecule has 0 aromatic rings. The van der Waals surface area contributed by atoms with E-state index in [0.29, 0.717) is 35.5 Å². The van der Waals surface area contributed by atoms with Crippen molar-refractivity contribution in [3.8, 4) is 0 Å². The van der Waals surface area contributed by atoms with Gasteiger partial charge >= 0.3 is 11.9 Å². The Bertz CT molecular complexity index is 909. The molecule has 2 N–H and O–H groups in total. The molecule has 1 saturated heterocycles. The topological polar surface area (TPSA) is 102 Å². The number of carboxylic acids is 1. The van der Waals surface area contributed by atoms with Gasteiger partial charge in [-0.15, -0.1) is 0 Å². The van der Waals surface area contributed by atoms with Crippen molar-refractivity contribution >= 4 is 11.9 Å². The van der Waals surface area contributed by atoms with Crippen LogP contribution in [0.15, 0.2) is 0 Å². The standard InChI is InChI=1S/C33H56O7/c1-19-11-14-27(38-18-28(35)36)31(4,5)23(19)13-12-22-10-9-15-33(8)24(22)17-25-29(33)20(2)16-26(40-25)30(32(6,7)37)39-21(3)34/h19-20,22-27,29-30,37H,9-18H2,1-8H3,(H,35,36)/t19?,20-,22+,23?,24?,25?,26-,27+,29?,30+,33+/m1/s1. The summed E-state index contributed by atoms with van der Waals surface area (Å²) in [5.74, 6) is 2.01. The lowest BCUT2D eigenvalue weighted by Gasteiger charge is -2.51. The van der Waals surface area contributed by atoms with E-state index in [1.807, 2.05) is 0 Å². The molecule has 5 unspecified atom stereocenters. The maximum atomic E-state index is 11.9. The first kappa shape index (κ1) is 31.7. The molecule has 4 rings (SSSR count). The van der Waals surface area contributed by atoms with Crippen LogP contribution in [0.1, 0.15) is 113 Å². The van der Waals surface area contributed by atoms with Gasteiger partial charge in [-0.1, -0.05) is 47.5 Å². The number of aliphatic carboxylic acids is 1. The summed E-state index contributed by atoms with van der Waals surface area (Å²) in [6.07, 6.45) is 9.10. The number of carboxylic acid groups (broad SMARTS) is 1. The number of hydrogen-bond acceptors (Lipinski definition) is 6. The number of carbonyl (C=O) groups is 2. The highest BCUT2D eigenvalue weighted by Crippen LogP contribution is 2.63. The SMILES string of the molecule is CC(=O)O[C@@H]([C@H]1C[C@@H](C)C2C(CC3[C@H](CCC4C(C)CC[C@H](OCC(=O)O)C4(C)C)CCC[C@@]32C)O1)C(C)(C)O. The maximum absolute atomic E-state index is 11.9. The van der Waals surface area contributed by atoms with Gasteiger partial charge in [0.15, 0.2) is 6.10 Å². The highest BCUT2D eigenvalue weighted by molar-refractivity contribution is 5.68. The van der Waals surface area contributed by atoms with Crippen molar-refractivity contribution in [2.45, 2.75) is 143 Å². The van der Waals surface area contributed by atoms with E-state index in [2.05, 4.69) is 34.6 Å². The second-order valence-electron chi connectivity index (χ2n) is 15.4. The van der Waals surface area contributed by atoms with E-state index in [-0.39, 0.29) is 41.7 Å². The normalized spacial score (nSPS) is 42.0. The van der Waals surface area contributed by atoms with E-state index < -0.39 is 17.7 Å². The first-order valence-electron chi connectivity index (χ1n) is 15.9. The monoisotopic (exact) mass is 564 g/mol. The summed E-state index contributed by atoms with van der Waals surface area (Å²) in [5, 5.41) is 20.0. The maximum Gasteiger partial charge on any atom is 0.329 e. The quantitative estimate of drug-likeness (QED) is 0.319. The van der Waals surface area contributed by atoms with Gasteiger partial charge in [0, 0.05) is 6.92 Å². The molecular weight excluding hydrogens is 508 g/mol. The third kappa shape index (κ3) is 6.27. The van der Waals surface area contributed by atoms with E-state index >= 15 is 0 Å². The minimum atomic E-state index is -1.17. The zero-order chi connectivity index (χ0) is 29.6. The fraction of sp³-hybridized carbons (Fsp3) is 0.939. The molecule has 40 heavy (non-hydrogen) atoms. The zero-order valence-corrected chi connectivity index (χ0v) is 26.3. The van der Waals surface area contributed by atoms with Crippen LogP contribution in [-0.4, -0.2) is 58.8 Å². The lowest BCUT2D eigenvalue weighted by atomic mass is 9.56. The number of aliphatic hydroxyl groups is 1. The molecule has 0 aromatic carbocycles. The molecule has 230 valence electrons. The predicted molar refractivity (Wildman–Crippen MR) is 154 cm³/mol. The van der Waals surface area contributed by atoms with E-state index in [1.165, 1.54) is 32.6 Å². The molecule has 1 heterocycles. The number of hydrogen-bond donors (Lipinski definition) is 2. The fourth-order valence-corrected chi connectivity index (χ4v) is 10.2. The van der Waals surface area contributed by atoms with Gasteiger partial charge in [-0.05, 0) is 105 Å². The minimum Gasteiger partial charge on any atom is -0.480 e. The largest absolute Gasteiger partial charge is 0.480 e. The molecule has 3 aliphatic carbocycles. The average Bonchev–Trinajstić information content (AvgIpc) is 3.13. The average molecular weight is 565 g/mol. The van der Waals surface area contributed by atoms with Gasteiger partial charge in [-0.25, -0.2) is 4.79 Å². The number of esters is 1. The number of fused-ring (bicyclic) bond motifs is 3. The summed E-state index contributed by atoms with van der Waals surface area (Å²) in [6, 6.07) is 0. The highest BCUT2D eigenvalue weighted by Gasteiger charge is 2.60. The summed E-state index contributed by atoms with van der Waals surface area (Å²) in [5.41, 5.74) is -0.983. The molecule has 7 heteroatoms. The molecule has 11 atom stereocenters. The molecule has 4 fully saturated rings. The molecule has 0 amide bonds. The Morgan fingerprint density at radius 3 is 2.38 bits per heavy atom. The highest BCUT2D eigenvalue weighted by atomic mass is 16.6. The number of carbonyl (C=O) groups excluding carboxylic acids is 1. The van der Waals surface area contributed by atoms with Gasteiger partial charge in [-0.3, -0.25) is 4.79 Å². The van der Waals surface area contributed by atoms with Crippen LogP contribution in [0.25, 0.3) is 0 Å². The predicted octanol–water partition coefficient (Wildman–Crippen LogP) is 6.25. The van der Waals surface area contributed by atoms with Crippen LogP contribution < -0.4 is 0 Å². The van der Waals surface area contributed by atoms with E-state index in [4.69, 9.17) is 14.2 Å². The lowest BCUT2D eigenvalue weighted by molar-refractivity contribution is -0.207. The molecule has 4 aliphatic rings. The minimum absolute atomic E-state index is 0.0112. The van der Waals surface area contributed by atoms with Crippen LogP contribution in [0.3, 0.4) is 0 Å². The summed E-state index contributed by atoms with van der Waals surface area (Å²) < 4.78 is 18.3. The second kappa shape index (κ2) is 11.8. The van der Waals surface area contributed by atoms with Crippen molar-refractivity contribution in [1.29, 1.82) is 0 Å². The molecule has 0 bridgehead atoms. The fourth-order valence-electron chi connectivity index (χ4n) is 10.2. The first-order valence-corrected chi connectivity index (χ1v) is 15.9.